The van der Waals surface area contributed by atoms with Crippen molar-refractivity contribution in [3.8, 4) is 5.69 Å². The Bertz CT molecular complexity index is 792. The number of hydrogen-bond donors (Lipinski definition) is 2. The molecule has 1 aromatic carbocycles. The summed E-state index contributed by atoms with van der Waals surface area (Å²) >= 11 is 0. The lowest BCUT2D eigenvalue weighted by Crippen LogP contribution is -2.28. The summed E-state index contributed by atoms with van der Waals surface area (Å²) in [6, 6.07) is 3.41. The van der Waals surface area contributed by atoms with Gasteiger partial charge in [-0.2, -0.15) is 17.9 Å². The van der Waals surface area contributed by atoms with E-state index in [1.807, 2.05) is 0 Å². The largest absolute Gasteiger partial charge is 0.441 e. The van der Waals surface area contributed by atoms with Gasteiger partial charge in [-0.05, 0) is 62.8 Å². The van der Waals surface area contributed by atoms with Gasteiger partial charge in [0.2, 0.25) is 6.39 Å². The SMILES string of the molecule is NCCC1CCC(Nc2cc(-n3ncoc3=O)ccc2C(F)(F)F)CC1. The molecule has 1 saturated carbocycles. The summed E-state index contributed by atoms with van der Waals surface area (Å²) in [4.78, 5) is 11.6. The fraction of sp³-hybridized carbons (Fsp3) is 0.529. The number of hydrogen-bond acceptors (Lipinski definition) is 5. The predicted molar refractivity (Wildman–Crippen MR) is 90.1 cm³/mol. The van der Waals surface area contributed by atoms with Gasteiger partial charge in [0.1, 0.15) is 0 Å². The number of benzene rings is 1. The fourth-order valence-corrected chi connectivity index (χ4v) is 3.47. The number of nitrogens with one attached hydrogen (secondary N) is 1. The van der Waals surface area contributed by atoms with E-state index in [0.29, 0.717) is 12.5 Å². The summed E-state index contributed by atoms with van der Waals surface area (Å²) in [5, 5.41) is 6.73. The fourth-order valence-electron chi connectivity index (χ4n) is 3.47. The smallest absolute Gasteiger partial charge is 0.395 e. The third-order valence-corrected chi connectivity index (χ3v) is 4.82. The maximum absolute atomic E-state index is 13.4. The van der Waals surface area contributed by atoms with E-state index >= 15 is 0 Å². The van der Waals surface area contributed by atoms with Crippen molar-refractivity contribution in [2.45, 2.75) is 44.3 Å². The van der Waals surface area contributed by atoms with E-state index in [1.54, 1.807) is 0 Å². The van der Waals surface area contributed by atoms with Crippen LogP contribution in [0.4, 0.5) is 18.9 Å². The average molecular weight is 370 g/mol. The van der Waals surface area contributed by atoms with Gasteiger partial charge in [0.05, 0.1) is 11.3 Å². The first-order chi connectivity index (χ1) is 12.4. The van der Waals surface area contributed by atoms with Crippen molar-refractivity contribution in [3.05, 3.63) is 40.7 Å². The van der Waals surface area contributed by atoms with Gasteiger partial charge >= 0.3 is 11.9 Å². The summed E-state index contributed by atoms with van der Waals surface area (Å²) in [5.74, 6) is -0.210. The third kappa shape index (κ3) is 4.09. The summed E-state index contributed by atoms with van der Waals surface area (Å²) in [6.07, 6.45) is 0.868. The highest BCUT2D eigenvalue weighted by molar-refractivity contribution is 5.58. The van der Waals surface area contributed by atoms with Crippen LogP contribution >= 0.6 is 0 Å². The van der Waals surface area contributed by atoms with Gasteiger partial charge < -0.3 is 15.5 Å². The van der Waals surface area contributed by atoms with Crippen molar-refractivity contribution in [2.75, 3.05) is 11.9 Å². The summed E-state index contributed by atoms with van der Waals surface area (Å²) in [6.45, 7) is 0.634. The van der Waals surface area contributed by atoms with Crippen LogP contribution in [0.15, 0.2) is 33.8 Å². The van der Waals surface area contributed by atoms with Gasteiger partial charge in [0, 0.05) is 11.7 Å². The second kappa shape index (κ2) is 7.53. The summed E-state index contributed by atoms with van der Waals surface area (Å²) in [5.41, 5.74) is 4.99. The monoisotopic (exact) mass is 370 g/mol. The van der Waals surface area contributed by atoms with E-state index < -0.39 is 17.5 Å². The van der Waals surface area contributed by atoms with E-state index in [0.717, 1.165) is 49.2 Å². The van der Waals surface area contributed by atoms with Crippen molar-refractivity contribution < 1.29 is 17.6 Å². The number of halogens is 3. The van der Waals surface area contributed by atoms with Crippen molar-refractivity contribution >= 4 is 5.69 Å². The molecule has 0 radical (unpaired) electrons. The van der Waals surface area contributed by atoms with Gasteiger partial charge in [-0.25, -0.2) is 4.79 Å². The Balaban J connectivity index is 1.84. The summed E-state index contributed by atoms with van der Waals surface area (Å²) in [7, 11) is 0. The van der Waals surface area contributed by atoms with E-state index in [9.17, 15) is 18.0 Å². The van der Waals surface area contributed by atoms with E-state index in [-0.39, 0.29) is 17.4 Å². The predicted octanol–water partition coefficient (Wildman–Crippen LogP) is 3.16. The first-order valence-electron chi connectivity index (χ1n) is 8.59. The molecule has 1 aliphatic carbocycles. The van der Waals surface area contributed by atoms with Crippen molar-refractivity contribution in [1.29, 1.82) is 0 Å². The zero-order valence-electron chi connectivity index (χ0n) is 14.1. The Morgan fingerprint density at radius 2 is 2.00 bits per heavy atom. The Kier molecular flexibility index (Phi) is 5.36. The highest BCUT2D eigenvalue weighted by Crippen LogP contribution is 2.37. The molecule has 0 atom stereocenters. The van der Waals surface area contributed by atoms with Crippen LogP contribution in [-0.4, -0.2) is 22.4 Å². The minimum Gasteiger partial charge on any atom is -0.395 e. The van der Waals surface area contributed by atoms with E-state index in [1.165, 1.54) is 12.1 Å². The lowest BCUT2D eigenvalue weighted by molar-refractivity contribution is -0.137. The van der Waals surface area contributed by atoms with Gasteiger partial charge in [-0.3, -0.25) is 0 Å². The molecule has 1 aliphatic rings. The molecule has 0 saturated heterocycles. The number of anilines is 1. The molecular weight excluding hydrogens is 349 g/mol. The normalized spacial score (nSPS) is 20.9. The van der Waals surface area contributed by atoms with Crippen LogP contribution in [-0.2, 0) is 6.18 Å². The standard InChI is InChI=1S/C17H21F3N4O2/c18-17(19,20)14-6-5-13(24-16(25)26-10-22-24)9-15(14)23-12-3-1-11(2-4-12)7-8-21/h5-6,9-12,23H,1-4,7-8,21H2. The minimum atomic E-state index is -4.49. The molecule has 0 spiro atoms. The highest BCUT2D eigenvalue weighted by atomic mass is 19.4. The zero-order valence-corrected chi connectivity index (χ0v) is 14.1. The molecule has 142 valence electrons. The van der Waals surface area contributed by atoms with Crippen LogP contribution in [0.1, 0.15) is 37.7 Å². The molecule has 0 aliphatic heterocycles. The van der Waals surface area contributed by atoms with Crippen LogP contribution in [0.5, 0.6) is 0 Å². The molecule has 0 bridgehead atoms. The Morgan fingerprint density at radius 3 is 2.58 bits per heavy atom. The topological polar surface area (TPSA) is 86.1 Å². The third-order valence-electron chi connectivity index (χ3n) is 4.82. The van der Waals surface area contributed by atoms with Gasteiger partial charge in [-0.15, -0.1) is 5.10 Å². The van der Waals surface area contributed by atoms with E-state index in [2.05, 4.69) is 14.8 Å². The minimum absolute atomic E-state index is 0.0468. The zero-order chi connectivity index (χ0) is 18.7. The molecule has 0 unspecified atom stereocenters. The lowest BCUT2D eigenvalue weighted by atomic mass is 9.84. The van der Waals surface area contributed by atoms with Gasteiger partial charge in [0.25, 0.3) is 0 Å². The first-order valence-corrected chi connectivity index (χ1v) is 8.59. The number of aromatic nitrogens is 2. The van der Waals surface area contributed by atoms with Gasteiger partial charge in [0.15, 0.2) is 0 Å². The molecule has 0 amide bonds. The average Bonchev–Trinajstić information content (AvgIpc) is 3.02. The first kappa shape index (κ1) is 18.5. The highest BCUT2D eigenvalue weighted by Gasteiger charge is 2.34. The van der Waals surface area contributed by atoms with Crippen LogP contribution in [0.3, 0.4) is 0 Å². The maximum Gasteiger partial charge on any atom is 0.441 e. The molecule has 3 rings (SSSR count). The quantitative estimate of drug-likeness (QED) is 0.844. The lowest BCUT2D eigenvalue weighted by Gasteiger charge is -2.30. The second-order valence-corrected chi connectivity index (χ2v) is 6.58. The molecule has 2 aromatic rings. The molecule has 26 heavy (non-hydrogen) atoms. The van der Waals surface area contributed by atoms with Crippen molar-refractivity contribution in [1.82, 2.24) is 9.78 Å². The molecular formula is C17H21F3N4O2. The van der Waals surface area contributed by atoms with Crippen LogP contribution in [0, 0.1) is 5.92 Å². The van der Waals surface area contributed by atoms with Gasteiger partial charge in [-0.1, -0.05) is 0 Å². The molecule has 1 heterocycles. The molecule has 1 aromatic heterocycles. The molecule has 3 N–H and O–H groups in total. The Hall–Kier alpha value is -2.29. The maximum atomic E-state index is 13.4. The molecule has 6 nitrogen and oxygen atoms in total. The Labute approximate surface area is 148 Å². The van der Waals surface area contributed by atoms with Crippen LogP contribution in [0.25, 0.3) is 5.69 Å². The number of rotatable bonds is 5. The molecule has 1 fully saturated rings. The number of alkyl halides is 3. The van der Waals surface area contributed by atoms with E-state index in [4.69, 9.17) is 5.73 Å². The van der Waals surface area contributed by atoms with Crippen LogP contribution in [0.2, 0.25) is 0 Å². The number of nitrogens with two attached hydrogens (primary N) is 1. The van der Waals surface area contributed by atoms with Crippen molar-refractivity contribution in [3.63, 3.8) is 0 Å². The van der Waals surface area contributed by atoms with Crippen molar-refractivity contribution in [2.24, 2.45) is 11.7 Å². The Morgan fingerprint density at radius 1 is 1.27 bits per heavy atom. The second-order valence-electron chi connectivity index (χ2n) is 6.58. The number of nitrogens with zero attached hydrogens (tertiary/aromatic N) is 2. The molecule has 9 heteroatoms. The summed E-state index contributed by atoms with van der Waals surface area (Å²) < 4.78 is 45.6. The van der Waals surface area contributed by atoms with Crippen LogP contribution < -0.4 is 16.8 Å².